The molecule has 0 unspecified atom stereocenters. The van der Waals surface area contributed by atoms with E-state index in [1.807, 2.05) is 0 Å². The number of amides is 1. The van der Waals surface area contributed by atoms with Crippen molar-refractivity contribution >= 4 is 39.1 Å². The van der Waals surface area contributed by atoms with E-state index in [4.69, 9.17) is 23.2 Å². The molecule has 0 spiro atoms. The molecule has 5 nitrogen and oxygen atoms in total. The Bertz CT molecular complexity index is 641. The summed E-state index contributed by atoms with van der Waals surface area (Å²) in [5, 5.41) is 3.05. The van der Waals surface area contributed by atoms with Crippen molar-refractivity contribution in [3.63, 3.8) is 0 Å². The Morgan fingerprint density at radius 2 is 1.90 bits per heavy atom. The van der Waals surface area contributed by atoms with E-state index >= 15 is 0 Å². The summed E-state index contributed by atoms with van der Waals surface area (Å²) in [5.41, 5.74) is 0. The van der Waals surface area contributed by atoms with E-state index in [9.17, 15) is 13.2 Å². The summed E-state index contributed by atoms with van der Waals surface area (Å²) >= 11 is 11.8. The maximum Gasteiger partial charge on any atom is 0.244 e. The van der Waals surface area contributed by atoms with Gasteiger partial charge in [0.25, 0.3) is 0 Å². The van der Waals surface area contributed by atoms with Gasteiger partial charge in [-0.05, 0) is 31.0 Å². The van der Waals surface area contributed by atoms with Gasteiger partial charge in [-0.2, -0.15) is 4.31 Å². The van der Waals surface area contributed by atoms with Crippen LogP contribution in [0.15, 0.2) is 23.1 Å². The number of hydrogen-bond donors (Lipinski definition) is 1. The van der Waals surface area contributed by atoms with E-state index in [0.717, 1.165) is 0 Å². The number of piperidine rings is 1. The van der Waals surface area contributed by atoms with Crippen molar-refractivity contribution in [1.82, 2.24) is 9.62 Å². The Morgan fingerprint density at radius 3 is 2.48 bits per heavy atom. The number of hydrogen-bond acceptors (Lipinski definition) is 3. The molecule has 1 aliphatic heterocycles. The van der Waals surface area contributed by atoms with Gasteiger partial charge in [-0.25, -0.2) is 8.42 Å². The molecule has 1 saturated heterocycles. The van der Waals surface area contributed by atoms with Gasteiger partial charge in [0.2, 0.25) is 15.9 Å². The molecule has 0 saturated carbocycles. The van der Waals surface area contributed by atoms with Crippen molar-refractivity contribution in [2.45, 2.75) is 17.7 Å². The summed E-state index contributed by atoms with van der Waals surface area (Å²) in [6.45, 7) is 0.590. The van der Waals surface area contributed by atoms with Gasteiger partial charge < -0.3 is 5.32 Å². The minimum atomic E-state index is -3.69. The number of rotatable bonds is 3. The molecule has 1 heterocycles. The predicted octanol–water partition coefficient (Wildman–Crippen LogP) is 2.14. The topological polar surface area (TPSA) is 66.5 Å². The third-order valence-corrected chi connectivity index (χ3v) is 6.20. The van der Waals surface area contributed by atoms with E-state index in [1.165, 1.54) is 16.4 Å². The molecule has 0 bridgehead atoms. The van der Waals surface area contributed by atoms with Crippen molar-refractivity contribution in [1.29, 1.82) is 0 Å². The minimum Gasteiger partial charge on any atom is -0.359 e. The van der Waals surface area contributed by atoms with Crippen LogP contribution in [0.25, 0.3) is 0 Å². The largest absolute Gasteiger partial charge is 0.359 e. The first-order valence-corrected chi connectivity index (χ1v) is 8.72. The predicted molar refractivity (Wildman–Crippen MR) is 82.0 cm³/mol. The fourth-order valence-corrected chi connectivity index (χ4v) is 4.58. The zero-order chi connectivity index (χ0) is 15.6. The van der Waals surface area contributed by atoms with Crippen molar-refractivity contribution in [3.8, 4) is 0 Å². The number of carbonyl (C=O) groups is 1. The molecule has 21 heavy (non-hydrogen) atoms. The lowest BCUT2D eigenvalue weighted by Gasteiger charge is -2.30. The summed E-state index contributed by atoms with van der Waals surface area (Å²) in [4.78, 5) is 11.6. The highest BCUT2D eigenvalue weighted by atomic mass is 35.5. The summed E-state index contributed by atoms with van der Waals surface area (Å²) in [6, 6.07) is 4.36. The standard InChI is InChI=1S/C13H16Cl2N2O3S/c1-16-13(18)9-4-6-17(7-5-9)21(19,20)12-8-10(14)2-3-11(12)15/h2-3,8-9H,4-7H2,1H3,(H,16,18). The van der Waals surface area contributed by atoms with Crippen LogP contribution in [-0.4, -0.2) is 38.8 Å². The average Bonchev–Trinajstić information content (AvgIpc) is 2.49. The van der Waals surface area contributed by atoms with E-state index in [-0.39, 0.29) is 21.7 Å². The molecule has 1 amide bonds. The Kier molecular flexibility index (Phi) is 5.14. The SMILES string of the molecule is CNC(=O)C1CCN(S(=O)(=O)c2cc(Cl)ccc2Cl)CC1. The minimum absolute atomic E-state index is 0.00931. The highest BCUT2D eigenvalue weighted by Gasteiger charge is 2.32. The monoisotopic (exact) mass is 350 g/mol. The van der Waals surface area contributed by atoms with Crippen molar-refractivity contribution in [2.24, 2.45) is 5.92 Å². The number of benzene rings is 1. The van der Waals surface area contributed by atoms with Crippen molar-refractivity contribution < 1.29 is 13.2 Å². The Labute approximate surface area is 134 Å². The first-order valence-electron chi connectivity index (χ1n) is 6.53. The molecule has 0 radical (unpaired) electrons. The molecule has 0 aromatic heterocycles. The summed E-state index contributed by atoms with van der Waals surface area (Å²) in [7, 11) is -2.11. The van der Waals surface area contributed by atoms with Crippen molar-refractivity contribution in [3.05, 3.63) is 28.2 Å². The maximum absolute atomic E-state index is 12.6. The van der Waals surface area contributed by atoms with Crippen LogP contribution in [-0.2, 0) is 14.8 Å². The third kappa shape index (κ3) is 3.51. The number of sulfonamides is 1. The lowest BCUT2D eigenvalue weighted by molar-refractivity contribution is -0.125. The summed E-state index contributed by atoms with van der Waals surface area (Å²) in [6.07, 6.45) is 0.994. The van der Waals surface area contributed by atoms with Gasteiger partial charge in [-0.1, -0.05) is 23.2 Å². The van der Waals surface area contributed by atoms with Gasteiger partial charge >= 0.3 is 0 Å². The van der Waals surface area contributed by atoms with Crippen LogP contribution in [0.5, 0.6) is 0 Å². The average molecular weight is 351 g/mol. The van der Waals surface area contributed by atoms with Gasteiger partial charge in [0.05, 0.1) is 5.02 Å². The Hall–Kier alpha value is -0.820. The Morgan fingerprint density at radius 1 is 1.29 bits per heavy atom. The lowest BCUT2D eigenvalue weighted by atomic mass is 9.97. The van der Waals surface area contributed by atoms with E-state index in [2.05, 4.69) is 5.32 Å². The second kappa shape index (κ2) is 6.52. The van der Waals surface area contributed by atoms with Gasteiger partial charge in [-0.15, -0.1) is 0 Å². The normalized spacial score (nSPS) is 17.7. The van der Waals surface area contributed by atoms with Crippen LogP contribution in [0.3, 0.4) is 0 Å². The summed E-state index contributed by atoms with van der Waals surface area (Å²) in [5.74, 6) is -0.191. The summed E-state index contributed by atoms with van der Waals surface area (Å²) < 4.78 is 26.5. The van der Waals surface area contributed by atoms with Crippen LogP contribution >= 0.6 is 23.2 Å². The van der Waals surface area contributed by atoms with Crippen LogP contribution in [0.4, 0.5) is 0 Å². The van der Waals surface area contributed by atoms with Gasteiger partial charge in [-0.3, -0.25) is 4.79 Å². The number of nitrogens with one attached hydrogen (secondary N) is 1. The molecule has 2 rings (SSSR count). The Balaban J connectivity index is 2.19. The number of halogens is 2. The van der Waals surface area contributed by atoms with E-state index in [1.54, 1.807) is 13.1 Å². The molecule has 0 aliphatic carbocycles. The van der Waals surface area contributed by atoms with Gasteiger partial charge in [0.1, 0.15) is 4.90 Å². The van der Waals surface area contributed by atoms with Crippen LogP contribution < -0.4 is 5.32 Å². The quantitative estimate of drug-likeness (QED) is 0.907. The lowest BCUT2D eigenvalue weighted by Crippen LogP contribution is -2.42. The van der Waals surface area contributed by atoms with Crippen LogP contribution in [0.1, 0.15) is 12.8 Å². The highest BCUT2D eigenvalue weighted by molar-refractivity contribution is 7.89. The third-order valence-electron chi connectivity index (χ3n) is 3.58. The fraction of sp³-hybridized carbons (Fsp3) is 0.462. The molecular weight excluding hydrogens is 335 g/mol. The maximum atomic E-state index is 12.6. The smallest absolute Gasteiger partial charge is 0.244 e. The number of nitrogens with zero attached hydrogens (tertiary/aromatic N) is 1. The zero-order valence-electron chi connectivity index (χ0n) is 11.5. The molecule has 1 aliphatic rings. The zero-order valence-corrected chi connectivity index (χ0v) is 13.8. The van der Waals surface area contributed by atoms with Gasteiger partial charge in [0, 0.05) is 31.1 Å². The second-order valence-electron chi connectivity index (χ2n) is 4.87. The van der Waals surface area contributed by atoms with E-state index < -0.39 is 10.0 Å². The van der Waals surface area contributed by atoms with Gasteiger partial charge in [0.15, 0.2) is 0 Å². The van der Waals surface area contributed by atoms with Crippen LogP contribution in [0.2, 0.25) is 10.0 Å². The molecule has 8 heteroatoms. The first kappa shape index (κ1) is 16.5. The molecule has 1 fully saturated rings. The molecule has 0 atom stereocenters. The van der Waals surface area contributed by atoms with Crippen molar-refractivity contribution in [2.75, 3.05) is 20.1 Å². The molecule has 1 aromatic carbocycles. The fourth-order valence-electron chi connectivity index (χ4n) is 2.38. The molecule has 1 aromatic rings. The number of carbonyl (C=O) groups excluding carboxylic acids is 1. The highest BCUT2D eigenvalue weighted by Crippen LogP contribution is 2.30. The van der Waals surface area contributed by atoms with Crippen LogP contribution in [0, 0.1) is 5.92 Å². The molecule has 1 N–H and O–H groups in total. The van der Waals surface area contributed by atoms with E-state index in [0.29, 0.717) is 31.0 Å². The molecular formula is C13H16Cl2N2O3S. The first-order chi connectivity index (χ1) is 9.86. The second-order valence-corrected chi connectivity index (χ2v) is 7.62. The molecule has 116 valence electrons.